The van der Waals surface area contributed by atoms with E-state index in [9.17, 15) is 4.79 Å². The van der Waals surface area contributed by atoms with E-state index in [-0.39, 0.29) is 18.0 Å². The molecule has 2 aliphatic rings. The van der Waals surface area contributed by atoms with Gasteiger partial charge in [0.05, 0.1) is 6.61 Å². The lowest BCUT2D eigenvalue weighted by Gasteiger charge is -2.30. The number of alkyl halides is 1. The van der Waals surface area contributed by atoms with Crippen molar-refractivity contribution in [3.8, 4) is 0 Å². The molecule has 0 radical (unpaired) electrons. The molecule has 0 unspecified atom stereocenters. The van der Waals surface area contributed by atoms with E-state index in [1.54, 1.807) is 0 Å². The number of carbonyl (C=O) groups excluding carboxylic acids is 1. The molecule has 4 heteroatoms. The zero-order valence-electron chi connectivity index (χ0n) is 20.0. The molecule has 0 aromatic carbocycles. The van der Waals surface area contributed by atoms with Crippen LogP contribution in [0.4, 0.5) is 0 Å². The minimum Gasteiger partial charge on any atom is -0.458 e. The summed E-state index contributed by atoms with van der Waals surface area (Å²) in [5.74, 6) is 3.49. The van der Waals surface area contributed by atoms with Crippen molar-refractivity contribution in [3.63, 3.8) is 0 Å². The Morgan fingerprint density at radius 1 is 1.13 bits per heavy atom. The lowest BCUT2D eigenvalue weighted by molar-refractivity contribution is -0.159. The number of ether oxygens (including phenoxy) is 2. The highest BCUT2D eigenvalue weighted by atomic mass is 35.5. The predicted molar refractivity (Wildman–Crippen MR) is 126 cm³/mol. The van der Waals surface area contributed by atoms with E-state index in [1.165, 1.54) is 44.9 Å². The van der Waals surface area contributed by atoms with E-state index in [0.29, 0.717) is 18.4 Å². The van der Waals surface area contributed by atoms with Crippen molar-refractivity contribution in [2.75, 3.05) is 13.2 Å². The second kappa shape index (κ2) is 12.5. The molecule has 0 aromatic heterocycles. The van der Waals surface area contributed by atoms with Gasteiger partial charge in [0.15, 0.2) is 0 Å². The molecule has 2 rings (SSSR count). The molecule has 0 bridgehead atoms. The van der Waals surface area contributed by atoms with Crippen LogP contribution >= 0.6 is 11.6 Å². The Labute approximate surface area is 190 Å². The van der Waals surface area contributed by atoms with E-state index in [1.807, 2.05) is 26.8 Å². The first-order valence-electron chi connectivity index (χ1n) is 12.3. The third-order valence-corrected chi connectivity index (χ3v) is 7.68. The van der Waals surface area contributed by atoms with Gasteiger partial charge < -0.3 is 9.47 Å². The number of carbonyl (C=O) groups is 1. The molecule has 0 heterocycles. The molecule has 2 saturated carbocycles. The summed E-state index contributed by atoms with van der Waals surface area (Å²) in [7, 11) is 0. The van der Waals surface area contributed by atoms with Gasteiger partial charge in [-0.1, -0.05) is 64.5 Å². The Bertz CT molecular complexity index is 533. The highest BCUT2D eigenvalue weighted by Gasteiger charge is 2.39. The Balaban J connectivity index is 1.71. The minimum atomic E-state index is -0.464. The van der Waals surface area contributed by atoms with E-state index in [4.69, 9.17) is 21.1 Å². The largest absolute Gasteiger partial charge is 0.458 e. The highest BCUT2D eigenvalue weighted by molar-refractivity contribution is 6.21. The average molecular weight is 441 g/mol. The Morgan fingerprint density at radius 2 is 1.83 bits per heavy atom. The van der Waals surface area contributed by atoms with Crippen molar-refractivity contribution in [2.24, 2.45) is 29.6 Å². The van der Waals surface area contributed by atoms with Gasteiger partial charge in [0.25, 0.3) is 0 Å². The van der Waals surface area contributed by atoms with Crippen LogP contribution in [0.15, 0.2) is 12.2 Å². The summed E-state index contributed by atoms with van der Waals surface area (Å²) < 4.78 is 10.7. The number of halogens is 1. The van der Waals surface area contributed by atoms with E-state index in [2.05, 4.69) is 19.9 Å². The molecule has 0 N–H and O–H groups in total. The first kappa shape index (κ1) is 25.7. The molecule has 0 spiro atoms. The number of allylic oxidation sites excluding steroid dienone is 1. The third kappa shape index (κ3) is 8.91. The second-order valence-electron chi connectivity index (χ2n) is 10.8. The third-order valence-electron chi connectivity index (χ3n) is 7.18. The van der Waals surface area contributed by atoms with Crippen molar-refractivity contribution in [2.45, 2.75) is 103 Å². The molecule has 0 aromatic rings. The van der Waals surface area contributed by atoms with Crippen molar-refractivity contribution in [1.29, 1.82) is 0 Å². The average Bonchev–Trinajstić information content (AvgIpc) is 2.94. The molecular weight excluding hydrogens is 396 g/mol. The van der Waals surface area contributed by atoms with Gasteiger partial charge in [-0.15, -0.1) is 11.6 Å². The summed E-state index contributed by atoms with van der Waals surface area (Å²) in [4.78, 5) is 11.7. The van der Waals surface area contributed by atoms with E-state index < -0.39 is 5.60 Å². The summed E-state index contributed by atoms with van der Waals surface area (Å²) in [6.07, 6.45) is 16.2. The lowest BCUT2D eigenvalue weighted by atomic mass is 9.76. The summed E-state index contributed by atoms with van der Waals surface area (Å²) >= 11 is 6.75. The van der Waals surface area contributed by atoms with Crippen LogP contribution in [0.5, 0.6) is 0 Å². The Hall–Kier alpha value is -0.540. The SMILES string of the molecule is C[C@H](CC[C@@H]1[C@@H](C/C=C\COCC(=O)OC(C)(C)C)[C@H](Cl)C[C@H]1C)C1CCCCC1. The normalized spacial score (nSPS) is 29.4. The molecular formula is C26H45ClO3. The fourth-order valence-corrected chi connectivity index (χ4v) is 6.08. The molecule has 3 nitrogen and oxygen atoms in total. The predicted octanol–water partition coefficient (Wildman–Crippen LogP) is 7.17. The van der Waals surface area contributed by atoms with Crippen LogP contribution < -0.4 is 0 Å². The molecule has 0 aliphatic heterocycles. The number of rotatable bonds is 10. The first-order valence-corrected chi connectivity index (χ1v) is 12.7. The molecule has 0 saturated heterocycles. The topological polar surface area (TPSA) is 35.5 Å². The van der Waals surface area contributed by atoms with Crippen LogP contribution in [0.3, 0.4) is 0 Å². The van der Waals surface area contributed by atoms with Gasteiger partial charge in [-0.3, -0.25) is 0 Å². The van der Waals surface area contributed by atoms with Gasteiger partial charge in [-0.05, 0) is 69.6 Å². The fourth-order valence-electron chi connectivity index (χ4n) is 5.51. The minimum absolute atomic E-state index is 0.00187. The Kier molecular flexibility index (Phi) is 10.7. The maximum Gasteiger partial charge on any atom is 0.332 e. The Morgan fingerprint density at radius 3 is 2.50 bits per heavy atom. The van der Waals surface area contributed by atoms with E-state index in [0.717, 1.165) is 30.6 Å². The fraction of sp³-hybridized carbons (Fsp3) is 0.885. The first-order chi connectivity index (χ1) is 14.2. The van der Waals surface area contributed by atoms with Gasteiger partial charge >= 0.3 is 5.97 Å². The van der Waals surface area contributed by atoms with Crippen LogP contribution in [-0.2, 0) is 14.3 Å². The monoisotopic (exact) mass is 440 g/mol. The van der Waals surface area contributed by atoms with Gasteiger partial charge in [-0.25, -0.2) is 4.79 Å². The zero-order valence-corrected chi connectivity index (χ0v) is 20.8. The van der Waals surface area contributed by atoms with Crippen LogP contribution in [0.2, 0.25) is 0 Å². The van der Waals surface area contributed by atoms with Crippen LogP contribution in [0.25, 0.3) is 0 Å². The van der Waals surface area contributed by atoms with Crippen LogP contribution in [0, 0.1) is 29.6 Å². The van der Waals surface area contributed by atoms with Gasteiger partial charge in [0, 0.05) is 5.38 Å². The molecule has 30 heavy (non-hydrogen) atoms. The van der Waals surface area contributed by atoms with Crippen molar-refractivity contribution in [3.05, 3.63) is 12.2 Å². The summed E-state index contributed by atoms with van der Waals surface area (Å²) in [6.45, 7) is 10.9. The second-order valence-corrected chi connectivity index (χ2v) is 11.4. The van der Waals surface area contributed by atoms with Gasteiger partial charge in [0.1, 0.15) is 12.2 Å². The number of hydrogen-bond acceptors (Lipinski definition) is 3. The van der Waals surface area contributed by atoms with Crippen LogP contribution in [0.1, 0.15) is 92.4 Å². The van der Waals surface area contributed by atoms with Crippen molar-refractivity contribution in [1.82, 2.24) is 0 Å². The van der Waals surface area contributed by atoms with Crippen LogP contribution in [-0.4, -0.2) is 30.2 Å². The standard InChI is InChI=1S/C26H45ClO3/c1-19(21-11-7-6-8-12-21)14-15-22-20(2)17-24(27)23(22)13-9-10-16-29-18-25(28)30-26(3,4)5/h9-10,19-24H,6-8,11-18H2,1-5H3/b10-9-/t19-,20-,22+,23-,24-/m1/s1. The lowest BCUT2D eigenvalue weighted by Crippen LogP contribution is -2.26. The van der Waals surface area contributed by atoms with Gasteiger partial charge in [-0.2, -0.15) is 0 Å². The molecule has 0 amide bonds. The van der Waals surface area contributed by atoms with Crippen molar-refractivity contribution >= 4 is 17.6 Å². The smallest absolute Gasteiger partial charge is 0.332 e. The summed E-state index contributed by atoms with van der Waals surface area (Å²) in [5, 5.41) is 0.280. The van der Waals surface area contributed by atoms with E-state index >= 15 is 0 Å². The number of esters is 1. The number of hydrogen-bond donors (Lipinski definition) is 0. The molecule has 5 atom stereocenters. The maximum absolute atomic E-state index is 11.7. The summed E-state index contributed by atoms with van der Waals surface area (Å²) in [5.41, 5.74) is -0.464. The highest BCUT2D eigenvalue weighted by Crippen LogP contribution is 2.45. The zero-order chi connectivity index (χ0) is 22.1. The quantitative estimate of drug-likeness (QED) is 0.156. The molecule has 2 fully saturated rings. The van der Waals surface area contributed by atoms with Crippen molar-refractivity contribution < 1.29 is 14.3 Å². The molecule has 2 aliphatic carbocycles. The summed E-state index contributed by atoms with van der Waals surface area (Å²) in [6, 6.07) is 0. The molecule has 174 valence electrons. The maximum atomic E-state index is 11.7. The van der Waals surface area contributed by atoms with Gasteiger partial charge in [0.2, 0.25) is 0 Å².